The fraction of sp³-hybridized carbons (Fsp3) is 0.267. The lowest BCUT2D eigenvalue weighted by Gasteiger charge is -2.10. The third kappa shape index (κ3) is 4.47. The number of aromatic nitrogens is 1. The molecule has 2 rings (SSSR count). The SMILES string of the molecule is CC(C)NCc1cnc(Oc2cccc(Br)c2)c(Cl)c1. The van der Waals surface area contributed by atoms with E-state index in [2.05, 4.69) is 40.1 Å². The van der Waals surface area contributed by atoms with Crippen LogP contribution in [0.2, 0.25) is 5.02 Å². The number of halogens is 2. The highest BCUT2D eigenvalue weighted by Crippen LogP contribution is 2.29. The molecule has 106 valence electrons. The second-order valence-electron chi connectivity index (χ2n) is 4.73. The smallest absolute Gasteiger partial charge is 0.238 e. The van der Waals surface area contributed by atoms with E-state index in [4.69, 9.17) is 16.3 Å². The quantitative estimate of drug-likeness (QED) is 0.837. The lowest BCUT2D eigenvalue weighted by Crippen LogP contribution is -2.21. The van der Waals surface area contributed by atoms with Gasteiger partial charge in [-0.1, -0.05) is 47.4 Å². The zero-order valence-electron chi connectivity index (χ0n) is 11.4. The lowest BCUT2D eigenvalue weighted by atomic mass is 10.2. The van der Waals surface area contributed by atoms with Crippen molar-refractivity contribution in [3.63, 3.8) is 0 Å². The molecule has 3 nitrogen and oxygen atoms in total. The highest BCUT2D eigenvalue weighted by molar-refractivity contribution is 9.10. The summed E-state index contributed by atoms with van der Waals surface area (Å²) >= 11 is 9.61. The first-order chi connectivity index (χ1) is 9.54. The van der Waals surface area contributed by atoms with Crippen LogP contribution in [0, 0.1) is 0 Å². The van der Waals surface area contributed by atoms with Crippen molar-refractivity contribution in [2.45, 2.75) is 26.4 Å². The lowest BCUT2D eigenvalue weighted by molar-refractivity contribution is 0.462. The number of benzene rings is 1. The van der Waals surface area contributed by atoms with Crippen LogP contribution in [0.3, 0.4) is 0 Å². The van der Waals surface area contributed by atoms with E-state index >= 15 is 0 Å². The molecule has 0 amide bonds. The summed E-state index contributed by atoms with van der Waals surface area (Å²) < 4.78 is 6.63. The number of ether oxygens (including phenoxy) is 1. The van der Waals surface area contributed by atoms with Crippen molar-refractivity contribution in [1.82, 2.24) is 10.3 Å². The molecule has 1 heterocycles. The van der Waals surface area contributed by atoms with Gasteiger partial charge in [-0.25, -0.2) is 4.98 Å². The Morgan fingerprint density at radius 2 is 2.15 bits per heavy atom. The predicted molar refractivity (Wildman–Crippen MR) is 85.4 cm³/mol. The summed E-state index contributed by atoms with van der Waals surface area (Å²) in [5, 5.41) is 3.83. The maximum atomic E-state index is 6.21. The Morgan fingerprint density at radius 1 is 1.35 bits per heavy atom. The van der Waals surface area contributed by atoms with E-state index in [1.807, 2.05) is 30.3 Å². The Balaban J connectivity index is 2.09. The van der Waals surface area contributed by atoms with Gasteiger partial charge in [0.15, 0.2) is 0 Å². The number of hydrogen-bond donors (Lipinski definition) is 1. The van der Waals surface area contributed by atoms with Crippen molar-refractivity contribution in [1.29, 1.82) is 0 Å². The van der Waals surface area contributed by atoms with Crippen LogP contribution in [-0.4, -0.2) is 11.0 Å². The number of nitrogens with one attached hydrogen (secondary N) is 1. The van der Waals surface area contributed by atoms with Gasteiger partial charge in [0.05, 0.1) is 0 Å². The summed E-state index contributed by atoms with van der Waals surface area (Å²) in [5.41, 5.74) is 1.03. The van der Waals surface area contributed by atoms with Crippen molar-refractivity contribution in [2.75, 3.05) is 0 Å². The van der Waals surface area contributed by atoms with Crippen LogP contribution < -0.4 is 10.1 Å². The van der Waals surface area contributed by atoms with Gasteiger partial charge < -0.3 is 10.1 Å². The van der Waals surface area contributed by atoms with Crippen LogP contribution in [0.15, 0.2) is 41.0 Å². The Bertz CT molecular complexity index is 590. The van der Waals surface area contributed by atoms with Gasteiger partial charge in [-0.3, -0.25) is 0 Å². The van der Waals surface area contributed by atoms with E-state index in [0.717, 1.165) is 16.6 Å². The Hall–Kier alpha value is -1.10. The van der Waals surface area contributed by atoms with Gasteiger partial charge >= 0.3 is 0 Å². The largest absolute Gasteiger partial charge is 0.438 e. The monoisotopic (exact) mass is 354 g/mol. The molecule has 0 bridgehead atoms. The first-order valence-corrected chi connectivity index (χ1v) is 7.53. The molecule has 5 heteroatoms. The highest BCUT2D eigenvalue weighted by atomic mass is 79.9. The van der Waals surface area contributed by atoms with Crippen LogP contribution in [-0.2, 0) is 6.54 Å². The van der Waals surface area contributed by atoms with Crippen molar-refractivity contribution in [3.8, 4) is 11.6 Å². The summed E-state index contributed by atoms with van der Waals surface area (Å²) in [6, 6.07) is 9.85. The van der Waals surface area contributed by atoms with Gasteiger partial charge in [0.25, 0.3) is 0 Å². The molecule has 0 unspecified atom stereocenters. The minimum Gasteiger partial charge on any atom is -0.438 e. The minimum atomic E-state index is 0.415. The Labute approximate surface area is 132 Å². The normalized spacial score (nSPS) is 10.8. The van der Waals surface area contributed by atoms with Crippen LogP contribution in [0.1, 0.15) is 19.4 Å². The molecular weight excluding hydrogens is 340 g/mol. The van der Waals surface area contributed by atoms with Crippen molar-refractivity contribution >= 4 is 27.5 Å². The summed E-state index contributed by atoms with van der Waals surface area (Å²) in [6.45, 7) is 4.93. The molecule has 0 saturated heterocycles. The molecule has 2 aromatic rings. The van der Waals surface area contributed by atoms with E-state index < -0.39 is 0 Å². The molecule has 0 aliphatic rings. The zero-order chi connectivity index (χ0) is 14.5. The van der Waals surface area contributed by atoms with Gasteiger partial charge in [-0.15, -0.1) is 0 Å². The van der Waals surface area contributed by atoms with Crippen molar-refractivity contribution < 1.29 is 4.74 Å². The fourth-order valence-electron chi connectivity index (χ4n) is 1.60. The van der Waals surface area contributed by atoms with Crippen molar-refractivity contribution in [3.05, 3.63) is 51.6 Å². The molecule has 1 N–H and O–H groups in total. The zero-order valence-corrected chi connectivity index (χ0v) is 13.7. The Morgan fingerprint density at radius 3 is 2.80 bits per heavy atom. The second kappa shape index (κ2) is 7.07. The van der Waals surface area contributed by atoms with E-state index in [0.29, 0.717) is 22.7 Å². The standard InChI is InChI=1S/C15H16BrClN2O/c1-10(2)18-8-11-6-14(17)15(19-9-11)20-13-5-3-4-12(16)7-13/h3-7,9-10,18H,8H2,1-2H3. The molecule has 0 fully saturated rings. The maximum absolute atomic E-state index is 6.21. The molecule has 0 aliphatic heterocycles. The van der Waals surface area contributed by atoms with Gasteiger partial charge in [-0.05, 0) is 29.8 Å². The summed E-state index contributed by atoms with van der Waals surface area (Å²) in [7, 11) is 0. The molecule has 0 radical (unpaired) electrons. The molecule has 0 spiro atoms. The number of hydrogen-bond acceptors (Lipinski definition) is 3. The third-order valence-corrected chi connectivity index (χ3v) is 3.35. The average Bonchev–Trinajstić information content (AvgIpc) is 2.39. The van der Waals surface area contributed by atoms with Crippen LogP contribution in [0.4, 0.5) is 0 Å². The number of nitrogens with zero attached hydrogens (tertiary/aromatic N) is 1. The molecule has 20 heavy (non-hydrogen) atoms. The predicted octanol–water partition coefficient (Wildman–Crippen LogP) is 4.79. The molecule has 1 aromatic heterocycles. The molecule has 0 atom stereocenters. The van der Waals surface area contributed by atoms with E-state index in [1.54, 1.807) is 6.20 Å². The van der Waals surface area contributed by atoms with E-state index in [1.165, 1.54) is 0 Å². The van der Waals surface area contributed by atoms with Gasteiger partial charge in [-0.2, -0.15) is 0 Å². The molecule has 0 aliphatic carbocycles. The maximum Gasteiger partial charge on any atom is 0.238 e. The molecule has 0 saturated carbocycles. The summed E-state index contributed by atoms with van der Waals surface area (Å²) in [4.78, 5) is 4.27. The van der Waals surface area contributed by atoms with Crippen LogP contribution in [0.5, 0.6) is 11.6 Å². The van der Waals surface area contributed by atoms with Crippen LogP contribution >= 0.6 is 27.5 Å². The van der Waals surface area contributed by atoms with Gasteiger partial charge in [0, 0.05) is 23.3 Å². The Kier molecular flexibility index (Phi) is 5.40. The number of rotatable bonds is 5. The summed E-state index contributed by atoms with van der Waals surface area (Å²) in [5.74, 6) is 1.11. The highest BCUT2D eigenvalue weighted by Gasteiger charge is 2.07. The first kappa shape index (κ1) is 15.3. The topological polar surface area (TPSA) is 34.2 Å². The van der Waals surface area contributed by atoms with Crippen LogP contribution in [0.25, 0.3) is 0 Å². The van der Waals surface area contributed by atoms with E-state index in [9.17, 15) is 0 Å². The first-order valence-electron chi connectivity index (χ1n) is 6.36. The van der Waals surface area contributed by atoms with Crippen molar-refractivity contribution in [2.24, 2.45) is 0 Å². The fourth-order valence-corrected chi connectivity index (χ4v) is 2.21. The van der Waals surface area contributed by atoms with E-state index in [-0.39, 0.29) is 0 Å². The van der Waals surface area contributed by atoms with Gasteiger partial charge in [0.1, 0.15) is 10.8 Å². The summed E-state index contributed by atoms with van der Waals surface area (Å²) in [6.07, 6.45) is 1.77. The molecule has 1 aromatic carbocycles. The second-order valence-corrected chi connectivity index (χ2v) is 6.05. The molecular formula is C15H16BrClN2O. The third-order valence-electron chi connectivity index (χ3n) is 2.59. The van der Waals surface area contributed by atoms with Gasteiger partial charge in [0.2, 0.25) is 5.88 Å². The average molecular weight is 356 g/mol. The number of pyridine rings is 1. The minimum absolute atomic E-state index is 0.415.